The van der Waals surface area contributed by atoms with E-state index in [1.54, 1.807) is 54.2 Å². The average Bonchev–Trinajstić information content (AvgIpc) is 2.83. The summed E-state index contributed by atoms with van der Waals surface area (Å²) in [6, 6.07) is 24.9. The standard InChI is InChI=1S/C24H26N2O4S2/c1-30-23-15-9-8-14-22(23)26(32(28,29)21-12-6-3-7-13-21)18-24(27)25-16-17-31-19-20-10-4-2-5-11-20/h2-15H,16-19H2,1H3,(H,25,27). The van der Waals surface area contributed by atoms with Gasteiger partial charge in [0.2, 0.25) is 5.91 Å². The Balaban J connectivity index is 1.68. The molecule has 0 aliphatic heterocycles. The number of carbonyl (C=O) groups excluding carboxylic acids is 1. The Morgan fingerprint density at radius 3 is 2.25 bits per heavy atom. The molecule has 0 saturated carbocycles. The lowest BCUT2D eigenvalue weighted by molar-refractivity contribution is -0.119. The number of ether oxygens (including phenoxy) is 1. The van der Waals surface area contributed by atoms with Gasteiger partial charge in [-0.15, -0.1) is 0 Å². The summed E-state index contributed by atoms with van der Waals surface area (Å²) >= 11 is 1.71. The first kappa shape index (κ1) is 23.7. The smallest absolute Gasteiger partial charge is 0.264 e. The third-order valence-corrected chi connectivity index (χ3v) is 7.46. The van der Waals surface area contributed by atoms with Gasteiger partial charge in [-0.25, -0.2) is 8.42 Å². The molecule has 3 rings (SSSR count). The third kappa shape index (κ3) is 6.27. The first-order valence-electron chi connectivity index (χ1n) is 10.1. The highest BCUT2D eigenvalue weighted by molar-refractivity contribution is 7.98. The number of carbonyl (C=O) groups is 1. The van der Waals surface area contributed by atoms with Gasteiger partial charge in [-0.05, 0) is 29.8 Å². The summed E-state index contributed by atoms with van der Waals surface area (Å²) in [7, 11) is -2.50. The lowest BCUT2D eigenvalue weighted by Gasteiger charge is -2.25. The number of hydrogen-bond donors (Lipinski definition) is 1. The summed E-state index contributed by atoms with van der Waals surface area (Å²) in [6.45, 7) is 0.0996. The van der Waals surface area contributed by atoms with E-state index in [9.17, 15) is 13.2 Å². The van der Waals surface area contributed by atoms with Crippen LogP contribution in [0.25, 0.3) is 0 Å². The zero-order chi connectivity index (χ0) is 22.8. The molecule has 0 aromatic heterocycles. The summed E-state index contributed by atoms with van der Waals surface area (Å²) < 4.78 is 33.2. The zero-order valence-corrected chi connectivity index (χ0v) is 19.4. The van der Waals surface area contributed by atoms with E-state index in [1.807, 2.05) is 18.2 Å². The van der Waals surface area contributed by atoms with Crippen molar-refractivity contribution in [2.24, 2.45) is 0 Å². The highest BCUT2D eigenvalue weighted by Crippen LogP contribution is 2.32. The van der Waals surface area contributed by atoms with E-state index in [2.05, 4.69) is 17.4 Å². The Morgan fingerprint density at radius 1 is 0.938 bits per heavy atom. The number of benzene rings is 3. The third-order valence-electron chi connectivity index (χ3n) is 4.65. The van der Waals surface area contributed by atoms with Crippen molar-refractivity contribution in [1.29, 1.82) is 0 Å². The lowest BCUT2D eigenvalue weighted by Crippen LogP contribution is -2.41. The molecule has 0 fully saturated rings. The van der Waals surface area contributed by atoms with Gasteiger partial charge in [0.15, 0.2) is 0 Å². The molecule has 8 heteroatoms. The van der Waals surface area contributed by atoms with E-state index >= 15 is 0 Å². The predicted molar refractivity (Wildman–Crippen MR) is 130 cm³/mol. The van der Waals surface area contributed by atoms with Crippen molar-refractivity contribution in [3.63, 3.8) is 0 Å². The van der Waals surface area contributed by atoms with Crippen molar-refractivity contribution < 1.29 is 17.9 Å². The predicted octanol–water partition coefficient (Wildman–Crippen LogP) is 3.94. The summed E-state index contributed by atoms with van der Waals surface area (Å²) in [5, 5.41) is 2.82. The molecule has 0 radical (unpaired) electrons. The van der Waals surface area contributed by atoms with Crippen molar-refractivity contribution in [2.75, 3.05) is 30.3 Å². The Kier molecular flexibility index (Phi) is 8.58. The Hall–Kier alpha value is -2.97. The van der Waals surface area contributed by atoms with E-state index in [-0.39, 0.29) is 17.3 Å². The fourth-order valence-corrected chi connectivity index (χ4v) is 5.34. The molecular weight excluding hydrogens is 444 g/mol. The second-order valence-corrected chi connectivity index (χ2v) is 9.85. The van der Waals surface area contributed by atoms with E-state index < -0.39 is 10.0 Å². The number of thioether (sulfide) groups is 1. The number of rotatable bonds is 11. The quantitative estimate of drug-likeness (QED) is 0.430. The monoisotopic (exact) mass is 470 g/mol. The number of hydrogen-bond acceptors (Lipinski definition) is 5. The van der Waals surface area contributed by atoms with Crippen molar-refractivity contribution in [2.45, 2.75) is 10.6 Å². The number of sulfonamides is 1. The van der Waals surface area contributed by atoms with Crippen LogP contribution in [0.5, 0.6) is 5.75 Å². The minimum Gasteiger partial charge on any atom is -0.495 e. The largest absolute Gasteiger partial charge is 0.495 e. The molecule has 6 nitrogen and oxygen atoms in total. The van der Waals surface area contributed by atoms with E-state index in [0.29, 0.717) is 18.0 Å². The van der Waals surface area contributed by atoms with Gasteiger partial charge in [0, 0.05) is 18.1 Å². The highest BCUT2D eigenvalue weighted by atomic mass is 32.2. The van der Waals surface area contributed by atoms with Gasteiger partial charge in [-0.1, -0.05) is 60.7 Å². The lowest BCUT2D eigenvalue weighted by atomic mass is 10.2. The molecule has 0 atom stereocenters. The van der Waals surface area contributed by atoms with Gasteiger partial charge >= 0.3 is 0 Å². The molecule has 32 heavy (non-hydrogen) atoms. The van der Waals surface area contributed by atoms with Gasteiger partial charge in [0.1, 0.15) is 12.3 Å². The molecule has 0 aliphatic rings. The zero-order valence-electron chi connectivity index (χ0n) is 17.8. The van der Waals surface area contributed by atoms with Crippen molar-refractivity contribution >= 4 is 33.4 Å². The SMILES string of the molecule is COc1ccccc1N(CC(=O)NCCSCc1ccccc1)S(=O)(=O)c1ccccc1. The number of nitrogens with zero attached hydrogens (tertiary/aromatic N) is 1. The maximum absolute atomic E-state index is 13.4. The second kappa shape index (κ2) is 11.6. The van der Waals surface area contributed by atoms with Gasteiger partial charge in [-0.3, -0.25) is 9.10 Å². The van der Waals surface area contributed by atoms with Crippen molar-refractivity contribution in [3.05, 3.63) is 90.5 Å². The molecule has 0 aliphatic carbocycles. The maximum Gasteiger partial charge on any atom is 0.264 e. The molecule has 0 bridgehead atoms. The summed E-state index contributed by atoms with van der Waals surface area (Å²) in [4.78, 5) is 12.8. The van der Waals surface area contributed by atoms with Crippen LogP contribution < -0.4 is 14.4 Å². The molecule has 0 heterocycles. The van der Waals surface area contributed by atoms with E-state index in [4.69, 9.17) is 4.74 Å². The van der Waals surface area contributed by atoms with E-state index in [0.717, 1.165) is 15.8 Å². The minimum atomic E-state index is -3.97. The van der Waals surface area contributed by atoms with Crippen LogP contribution in [0.3, 0.4) is 0 Å². The van der Waals surface area contributed by atoms with Gasteiger partial charge in [0.05, 0.1) is 17.7 Å². The van der Waals surface area contributed by atoms with Gasteiger partial charge < -0.3 is 10.1 Å². The summed E-state index contributed by atoms with van der Waals surface area (Å²) in [5.74, 6) is 1.57. The Bertz CT molecular complexity index is 1110. The number of methoxy groups -OCH3 is 1. The van der Waals surface area contributed by atoms with Gasteiger partial charge in [0.25, 0.3) is 10.0 Å². The average molecular weight is 471 g/mol. The summed E-state index contributed by atoms with van der Waals surface area (Å²) in [5.41, 5.74) is 1.53. The molecule has 168 valence electrons. The topological polar surface area (TPSA) is 75.7 Å². The van der Waals surface area contributed by atoms with Crippen LogP contribution in [-0.4, -0.2) is 40.3 Å². The van der Waals surface area contributed by atoms with Crippen LogP contribution in [-0.2, 0) is 20.6 Å². The van der Waals surface area contributed by atoms with Crippen LogP contribution in [0.2, 0.25) is 0 Å². The fraction of sp³-hybridized carbons (Fsp3) is 0.208. The van der Waals surface area contributed by atoms with Crippen LogP contribution >= 0.6 is 11.8 Å². The molecule has 1 N–H and O–H groups in total. The van der Waals surface area contributed by atoms with Crippen molar-refractivity contribution in [1.82, 2.24) is 5.32 Å². The summed E-state index contributed by atoms with van der Waals surface area (Å²) in [6.07, 6.45) is 0. The Labute approximate surface area is 193 Å². The first-order valence-corrected chi connectivity index (χ1v) is 12.7. The molecule has 0 unspecified atom stereocenters. The van der Waals surface area contributed by atoms with Crippen LogP contribution in [0.15, 0.2) is 89.8 Å². The molecule has 0 spiro atoms. The van der Waals surface area contributed by atoms with Crippen LogP contribution in [0.4, 0.5) is 5.69 Å². The highest BCUT2D eigenvalue weighted by Gasteiger charge is 2.29. The van der Waals surface area contributed by atoms with Gasteiger partial charge in [-0.2, -0.15) is 11.8 Å². The minimum absolute atomic E-state index is 0.108. The normalized spacial score (nSPS) is 11.0. The van der Waals surface area contributed by atoms with Crippen molar-refractivity contribution in [3.8, 4) is 5.75 Å². The maximum atomic E-state index is 13.4. The number of anilines is 1. The number of para-hydroxylation sites is 2. The first-order chi connectivity index (χ1) is 15.5. The molecule has 3 aromatic rings. The molecule has 3 aromatic carbocycles. The Morgan fingerprint density at radius 2 is 1.56 bits per heavy atom. The van der Waals surface area contributed by atoms with Crippen LogP contribution in [0, 0.1) is 0 Å². The number of amides is 1. The fourth-order valence-electron chi connectivity index (χ4n) is 3.07. The number of nitrogens with one attached hydrogen (secondary N) is 1. The second-order valence-electron chi connectivity index (χ2n) is 6.88. The molecular formula is C24H26N2O4S2. The van der Waals surface area contributed by atoms with Crippen LogP contribution in [0.1, 0.15) is 5.56 Å². The van der Waals surface area contributed by atoms with E-state index in [1.165, 1.54) is 24.8 Å². The molecule has 1 amide bonds. The molecule has 0 saturated heterocycles.